The summed E-state index contributed by atoms with van der Waals surface area (Å²) in [7, 11) is 1.58. The predicted octanol–water partition coefficient (Wildman–Crippen LogP) is 1.84. The fraction of sp³-hybridized carbons (Fsp3) is 0.462. The lowest BCUT2D eigenvalue weighted by Gasteiger charge is -2.08. The van der Waals surface area contributed by atoms with Crippen LogP contribution in [0.1, 0.15) is 17.3 Å². The van der Waals surface area contributed by atoms with Crippen LogP contribution in [0.25, 0.3) is 0 Å². The zero-order valence-electron chi connectivity index (χ0n) is 11.5. The highest BCUT2D eigenvalue weighted by Crippen LogP contribution is 2.24. The molecule has 0 aromatic heterocycles. The normalized spacial score (nSPS) is 10.3. The molecule has 0 bridgehead atoms. The molecule has 20 heavy (non-hydrogen) atoms. The van der Waals surface area contributed by atoms with Crippen molar-refractivity contribution >= 4 is 11.5 Å². The molecule has 7 nitrogen and oxygen atoms in total. The van der Waals surface area contributed by atoms with E-state index in [1.807, 2.05) is 0 Å². The molecule has 0 atom stereocenters. The number of hydrogen-bond acceptors (Lipinski definition) is 6. The Labute approximate surface area is 116 Å². The van der Waals surface area contributed by atoms with E-state index in [1.165, 1.54) is 25.1 Å². The number of ether oxygens (including phenoxy) is 3. The molecule has 0 radical (unpaired) electrons. The number of methoxy groups -OCH3 is 1. The molecular formula is C13H17NO6. The van der Waals surface area contributed by atoms with Gasteiger partial charge in [-0.15, -0.1) is 0 Å². The first kappa shape index (κ1) is 16.1. The smallest absolute Gasteiger partial charge is 0.280 e. The van der Waals surface area contributed by atoms with Gasteiger partial charge < -0.3 is 14.2 Å². The van der Waals surface area contributed by atoms with Crippen molar-refractivity contribution in [2.45, 2.75) is 6.92 Å². The first-order chi connectivity index (χ1) is 9.56. The van der Waals surface area contributed by atoms with Crippen molar-refractivity contribution in [3.05, 3.63) is 33.9 Å². The summed E-state index contributed by atoms with van der Waals surface area (Å²) in [5.41, 5.74) is -0.186. The molecule has 1 aromatic carbocycles. The summed E-state index contributed by atoms with van der Waals surface area (Å²) in [4.78, 5) is 21.6. The molecule has 0 aliphatic heterocycles. The molecule has 0 saturated heterocycles. The summed E-state index contributed by atoms with van der Waals surface area (Å²) in [6.07, 6.45) is 0. The van der Waals surface area contributed by atoms with Gasteiger partial charge in [-0.05, 0) is 19.1 Å². The predicted molar refractivity (Wildman–Crippen MR) is 71.3 cm³/mol. The van der Waals surface area contributed by atoms with Crippen LogP contribution in [0, 0.1) is 10.1 Å². The van der Waals surface area contributed by atoms with Crippen LogP contribution in [-0.2, 0) is 9.47 Å². The van der Waals surface area contributed by atoms with Crippen LogP contribution in [0.15, 0.2) is 18.2 Å². The average Bonchev–Trinajstić information content (AvgIpc) is 2.42. The Hall–Kier alpha value is -1.99. The van der Waals surface area contributed by atoms with E-state index in [4.69, 9.17) is 14.2 Å². The summed E-state index contributed by atoms with van der Waals surface area (Å²) in [5.74, 6) is 0.0228. The van der Waals surface area contributed by atoms with Crippen molar-refractivity contribution in [1.29, 1.82) is 0 Å². The van der Waals surface area contributed by atoms with Gasteiger partial charge in [0.25, 0.3) is 5.69 Å². The number of hydrogen-bond donors (Lipinski definition) is 0. The van der Waals surface area contributed by atoms with Crippen LogP contribution in [-0.4, -0.2) is 44.2 Å². The minimum Gasteiger partial charge on any atom is -0.491 e. The molecule has 110 valence electrons. The summed E-state index contributed by atoms with van der Waals surface area (Å²) < 4.78 is 15.4. The Morgan fingerprint density at radius 2 is 1.95 bits per heavy atom. The van der Waals surface area contributed by atoms with E-state index in [1.54, 1.807) is 7.11 Å². The lowest BCUT2D eigenvalue weighted by atomic mass is 10.1. The first-order valence-corrected chi connectivity index (χ1v) is 6.05. The van der Waals surface area contributed by atoms with Gasteiger partial charge in [-0.3, -0.25) is 14.9 Å². The zero-order chi connectivity index (χ0) is 15.0. The number of nitro benzene ring substituents is 1. The average molecular weight is 283 g/mol. The van der Waals surface area contributed by atoms with Crippen LogP contribution >= 0.6 is 0 Å². The van der Waals surface area contributed by atoms with E-state index in [-0.39, 0.29) is 17.0 Å². The molecule has 1 aromatic rings. The minimum atomic E-state index is -0.589. The van der Waals surface area contributed by atoms with Crippen LogP contribution in [0.5, 0.6) is 5.75 Å². The Morgan fingerprint density at radius 3 is 2.55 bits per heavy atom. The first-order valence-electron chi connectivity index (χ1n) is 6.05. The van der Waals surface area contributed by atoms with Gasteiger partial charge in [-0.2, -0.15) is 0 Å². The van der Waals surface area contributed by atoms with Gasteiger partial charge in [-0.1, -0.05) is 0 Å². The van der Waals surface area contributed by atoms with Gasteiger partial charge in [0.05, 0.1) is 30.3 Å². The zero-order valence-corrected chi connectivity index (χ0v) is 11.5. The van der Waals surface area contributed by atoms with Gasteiger partial charge in [0.1, 0.15) is 12.4 Å². The number of carbonyl (C=O) groups excluding carboxylic acids is 1. The summed E-state index contributed by atoms with van der Waals surface area (Å²) in [5, 5.41) is 10.8. The number of nitro groups is 1. The van der Waals surface area contributed by atoms with Crippen molar-refractivity contribution in [2.75, 3.05) is 33.5 Å². The second-order valence-electron chi connectivity index (χ2n) is 3.95. The van der Waals surface area contributed by atoms with Crippen LogP contribution in [0.3, 0.4) is 0 Å². The number of carbonyl (C=O) groups is 1. The SMILES string of the molecule is COCCOCCOc1ccc([N+](=O)[O-])c(C(C)=O)c1. The molecule has 0 aliphatic rings. The Kier molecular flexibility index (Phi) is 6.61. The van der Waals surface area contributed by atoms with Gasteiger partial charge in [-0.25, -0.2) is 0 Å². The highest BCUT2D eigenvalue weighted by atomic mass is 16.6. The van der Waals surface area contributed by atoms with Crippen molar-refractivity contribution in [3.8, 4) is 5.75 Å². The summed E-state index contributed by atoms with van der Waals surface area (Å²) in [6, 6.07) is 4.09. The van der Waals surface area contributed by atoms with Gasteiger partial charge in [0, 0.05) is 13.2 Å². The van der Waals surface area contributed by atoms with Gasteiger partial charge in [0.2, 0.25) is 0 Å². The molecule has 0 amide bonds. The van der Waals surface area contributed by atoms with E-state index in [9.17, 15) is 14.9 Å². The Bertz CT molecular complexity index is 474. The lowest BCUT2D eigenvalue weighted by Crippen LogP contribution is -2.10. The minimum absolute atomic E-state index is 0.0350. The fourth-order valence-electron chi connectivity index (χ4n) is 1.51. The molecule has 0 aliphatic carbocycles. The third-order valence-electron chi connectivity index (χ3n) is 2.47. The maximum Gasteiger partial charge on any atom is 0.280 e. The molecule has 0 spiro atoms. The Balaban J connectivity index is 2.57. The van der Waals surface area contributed by atoms with Crippen molar-refractivity contribution in [1.82, 2.24) is 0 Å². The number of nitrogens with zero attached hydrogens (tertiary/aromatic N) is 1. The second-order valence-corrected chi connectivity index (χ2v) is 3.95. The largest absolute Gasteiger partial charge is 0.491 e. The van der Waals surface area contributed by atoms with E-state index in [2.05, 4.69) is 0 Å². The quantitative estimate of drug-likeness (QED) is 0.297. The van der Waals surface area contributed by atoms with E-state index in [0.29, 0.717) is 32.2 Å². The lowest BCUT2D eigenvalue weighted by molar-refractivity contribution is -0.385. The molecule has 0 fully saturated rings. The molecule has 0 N–H and O–H groups in total. The maximum absolute atomic E-state index is 11.4. The van der Waals surface area contributed by atoms with Gasteiger partial charge >= 0.3 is 0 Å². The van der Waals surface area contributed by atoms with Crippen molar-refractivity contribution < 1.29 is 23.9 Å². The monoisotopic (exact) mass is 283 g/mol. The third kappa shape index (κ3) is 4.94. The molecule has 0 saturated carbocycles. The number of Topliss-reactive ketones (excluding diaryl/α,β-unsaturated/α-hetero) is 1. The highest BCUT2D eigenvalue weighted by molar-refractivity contribution is 5.98. The van der Waals surface area contributed by atoms with E-state index >= 15 is 0 Å². The molecule has 0 heterocycles. The second kappa shape index (κ2) is 8.23. The molecule has 1 rings (SSSR count). The van der Waals surface area contributed by atoms with Crippen molar-refractivity contribution in [3.63, 3.8) is 0 Å². The van der Waals surface area contributed by atoms with E-state index < -0.39 is 4.92 Å². The summed E-state index contributed by atoms with van der Waals surface area (Å²) >= 11 is 0. The molecule has 0 unspecified atom stereocenters. The maximum atomic E-state index is 11.4. The number of rotatable bonds is 9. The molecular weight excluding hydrogens is 266 g/mol. The van der Waals surface area contributed by atoms with Gasteiger partial charge in [0.15, 0.2) is 5.78 Å². The topological polar surface area (TPSA) is 87.9 Å². The third-order valence-corrected chi connectivity index (χ3v) is 2.47. The Morgan fingerprint density at radius 1 is 1.25 bits per heavy atom. The van der Waals surface area contributed by atoms with E-state index in [0.717, 1.165) is 0 Å². The summed E-state index contributed by atoms with van der Waals surface area (Å²) in [6.45, 7) is 2.92. The highest BCUT2D eigenvalue weighted by Gasteiger charge is 2.17. The van der Waals surface area contributed by atoms with Crippen LogP contribution in [0.2, 0.25) is 0 Å². The van der Waals surface area contributed by atoms with Crippen LogP contribution in [0.4, 0.5) is 5.69 Å². The molecule has 7 heteroatoms. The van der Waals surface area contributed by atoms with Crippen LogP contribution < -0.4 is 4.74 Å². The standard InChI is InChI=1S/C13H17NO6/c1-10(15)12-9-11(3-4-13(12)14(16)17)20-8-7-19-6-5-18-2/h3-4,9H,5-8H2,1-2H3. The fourth-order valence-corrected chi connectivity index (χ4v) is 1.51. The van der Waals surface area contributed by atoms with Crippen molar-refractivity contribution in [2.24, 2.45) is 0 Å². The number of ketones is 1. The number of benzene rings is 1.